The first-order chi connectivity index (χ1) is 13.8. The van der Waals surface area contributed by atoms with Crippen LogP contribution in [-0.4, -0.2) is 85.1 Å². The summed E-state index contributed by atoms with van der Waals surface area (Å²) in [4.78, 5) is 18.4. The van der Waals surface area contributed by atoms with Gasteiger partial charge in [-0.3, -0.25) is 4.90 Å². The van der Waals surface area contributed by atoms with Crippen LogP contribution >= 0.6 is 0 Å². The molecule has 1 atom stereocenters. The van der Waals surface area contributed by atoms with Crippen molar-refractivity contribution in [1.29, 1.82) is 0 Å². The number of ether oxygens (including phenoxy) is 2. The second-order valence-corrected chi connectivity index (χ2v) is 8.89. The van der Waals surface area contributed by atoms with E-state index < -0.39 is 5.60 Å². The van der Waals surface area contributed by atoms with E-state index in [0.717, 1.165) is 50.5 Å². The van der Waals surface area contributed by atoms with Gasteiger partial charge in [-0.05, 0) is 57.9 Å². The van der Waals surface area contributed by atoms with Crippen molar-refractivity contribution in [3.63, 3.8) is 0 Å². The molecule has 2 heterocycles. The van der Waals surface area contributed by atoms with Crippen LogP contribution in [0.25, 0.3) is 0 Å². The summed E-state index contributed by atoms with van der Waals surface area (Å²) in [5.74, 6) is 0.860. The van der Waals surface area contributed by atoms with Gasteiger partial charge in [-0.25, -0.2) is 4.79 Å². The number of aliphatic hydroxyl groups is 1. The third-order valence-corrected chi connectivity index (χ3v) is 5.30. The van der Waals surface area contributed by atoms with Crippen molar-refractivity contribution in [2.24, 2.45) is 0 Å². The summed E-state index contributed by atoms with van der Waals surface area (Å²) >= 11 is 0. The molecular formula is C22H35N3O4. The predicted octanol–water partition coefficient (Wildman–Crippen LogP) is 2.58. The summed E-state index contributed by atoms with van der Waals surface area (Å²) in [6.45, 7) is 11.9. The van der Waals surface area contributed by atoms with Crippen LogP contribution in [0.2, 0.25) is 0 Å². The minimum atomic E-state index is -0.453. The van der Waals surface area contributed by atoms with Gasteiger partial charge in [0.1, 0.15) is 18.0 Å². The lowest BCUT2D eigenvalue weighted by atomic mass is 10.1. The first-order valence-electron chi connectivity index (χ1n) is 10.7. The molecule has 0 radical (unpaired) electrons. The Labute approximate surface area is 174 Å². The third-order valence-electron chi connectivity index (χ3n) is 5.30. The van der Waals surface area contributed by atoms with Crippen LogP contribution in [0, 0.1) is 0 Å². The number of amides is 1. The first kappa shape index (κ1) is 21.7. The Morgan fingerprint density at radius 3 is 2.41 bits per heavy atom. The molecule has 1 N–H and O–H groups in total. The number of nitrogens with zero attached hydrogens (tertiary/aromatic N) is 3. The van der Waals surface area contributed by atoms with E-state index in [4.69, 9.17) is 9.47 Å². The van der Waals surface area contributed by atoms with Crippen molar-refractivity contribution < 1.29 is 19.4 Å². The monoisotopic (exact) mass is 405 g/mol. The molecule has 0 aromatic heterocycles. The lowest BCUT2D eigenvalue weighted by molar-refractivity contribution is 0.0137. The highest BCUT2D eigenvalue weighted by atomic mass is 16.6. The van der Waals surface area contributed by atoms with Crippen LogP contribution in [-0.2, 0) is 4.74 Å². The molecule has 0 saturated carbocycles. The normalized spacial score (nSPS) is 21.2. The minimum absolute atomic E-state index is 0.226. The average molecular weight is 406 g/mol. The topological polar surface area (TPSA) is 65.5 Å². The van der Waals surface area contributed by atoms with Crippen molar-refractivity contribution in [3.8, 4) is 5.75 Å². The van der Waals surface area contributed by atoms with Crippen molar-refractivity contribution in [1.82, 2.24) is 9.80 Å². The number of aliphatic hydroxyl groups excluding tert-OH is 1. The SMILES string of the molecule is CC(C)(C)OC(=O)N1CCN(CCOc2ccc(N3CCC[C@@H](O)C3)cc2)CC1. The fraction of sp³-hybridized carbons (Fsp3) is 0.682. The van der Waals surface area contributed by atoms with Gasteiger partial charge in [0.15, 0.2) is 0 Å². The molecule has 2 saturated heterocycles. The van der Waals surface area contributed by atoms with Gasteiger partial charge in [0.2, 0.25) is 0 Å². The molecule has 0 spiro atoms. The van der Waals surface area contributed by atoms with Crippen molar-refractivity contribution in [2.75, 3.05) is 57.3 Å². The number of anilines is 1. The van der Waals surface area contributed by atoms with Crippen molar-refractivity contribution >= 4 is 11.8 Å². The zero-order valence-corrected chi connectivity index (χ0v) is 18.0. The maximum Gasteiger partial charge on any atom is 0.410 e. The molecule has 0 bridgehead atoms. The zero-order valence-electron chi connectivity index (χ0n) is 18.0. The molecule has 29 heavy (non-hydrogen) atoms. The number of hydrogen-bond acceptors (Lipinski definition) is 6. The number of benzene rings is 1. The Morgan fingerprint density at radius 1 is 1.10 bits per heavy atom. The van der Waals surface area contributed by atoms with Crippen LogP contribution in [0.5, 0.6) is 5.75 Å². The molecule has 2 aliphatic rings. The quantitative estimate of drug-likeness (QED) is 0.812. The van der Waals surface area contributed by atoms with E-state index in [0.29, 0.717) is 26.2 Å². The van der Waals surface area contributed by atoms with Gasteiger partial charge in [0, 0.05) is 51.5 Å². The molecule has 3 rings (SSSR count). The van der Waals surface area contributed by atoms with E-state index in [9.17, 15) is 9.90 Å². The molecule has 0 unspecified atom stereocenters. The maximum absolute atomic E-state index is 12.1. The summed E-state index contributed by atoms with van der Waals surface area (Å²) in [5.41, 5.74) is 0.681. The van der Waals surface area contributed by atoms with Crippen LogP contribution in [0.1, 0.15) is 33.6 Å². The lowest BCUT2D eigenvalue weighted by Crippen LogP contribution is -2.50. The van der Waals surface area contributed by atoms with Crippen LogP contribution in [0.4, 0.5) is 10.5 Å². The molecule has 2 aliphatic heterocycles. The standard InChI is InChI=1S/C22H35N3O4/c1-22(2,3)29-21(27)24-13-11-23(12-14-24)15-16-28-20-8-6-18(7-9-20)25-10-4-5-19(26)17-25/h6-9,19,26H,4-5,10-17H2,1-3H3/t19-/m1/s1. The second-order valence-electron chi connectivity index (χ2n) is 8.89. The number of piperazine rings is 1. The molecule has 162 valence electrons. The number of hydrogen-bond donors (Lipinski definition) is 1. The average Bonchev–Trinajstić information content (AvgIpc) is 2.68. The molecule has 1 aromatic rings. The Bertz CT molecular complexity index is 651. The first-order valence-corrected chi connectivity index (χ1v) is 10.7. The van der Waals surface area contributed by atoms with E-state index in [1.807, 2.05) is 32.9 Å². The predicted molar refractivity (Wildman–Crippen MR) is 114 cm³/mol. The zero-order chi connectivity index (χ0) is 20.9. The largest absolute Gasteiger partial charge is 0.492 e. The Balaban J connectivity index is 1.36. The van der Waals surface area contributed by atoms with E-state index in [1.54, 1.807) is 4.90 Å². The van der Waals surface area contributed by atoms with Gasteiger partial charge in [0.25, 0.3) is 0 Å². The highest BCUT2D eigenvalue weighted by Gasteiger charge is 2.25. The van der Waals surface area contributed by atoms with Gasteiger partial charge in [-0.15, -0.1) is 0 Å². The number of β-amino-alcohol motifs (C(OH)–C–C–N with tert-alkyl or cyclic N) is 1. The van der Waals surface area contributed by atoms with Gasteiger partial charge < -0.3 is 24.4 Å². The molecule has 7 nitrogen and oxygen atoms in total. The molecular weight excluding hydrogens is 370 g/mol. The number of rotatable bonds is 5. The fourth-order valence-electron chi connectivity index (χ4n) is 3.72. The van der Waals surface area contributed by atoms with Crippen LogP contribution < -0.4 is 9.64 Å². The highest BCUT2D eigenvalue weighted by Crippen LogP contribution is 2.23. The lowest BCUT2D eigenvalue weighted by Gasteiger charge is -2.35. The van der Waals surface area contributed by atoms with Crippen LogP contribution in [0.15, 0.2) is 24.3 Å². The molecule has 1 amide bonds. The summed E-state index contributed by atoms with van der Waals surface area (Å²) in [6.07, 6.45) is 1.47. The summed E-state index contributed by atoms with van der Waals surface area (Å²) < 4.78 is 11.3. The minimum Gasteiger partial charge on any atom is -0.492 e. The van der Waals surface area contributed by atoms with Crippen molar-refractivity contribution in [2.45, 2.75) is 45.3 Å². The number of carbonyl (C=O) groups excluding carboxylic acids is 1. The molecule has 1 aromatic carbocycles. The molecule has 7 heteroatoms. The van der Waals surface area contributed by atoms with Crippen LogP contribution in [0.3, 0.4) is 0 Å². The summed E-state index contributed by atoms with van der Waals surface area (Å²) in [7, 11) is 0. The van der Waals surface area contributed by atoms with Gasteiger partial charge in [0.05, 0.1) is 6.10 Å². The maximum atomic E-state index is 12.1. The van der Waals surface area contributed by atoms with E-state index in [2.05, 4.69) is 21.9 Å². The molecule has 0 aliphatic carbocycles. The second kappa shape index (κ2) is 9.67. The summed E-state index contributed by atoms with van der Waals surface area (Å²) in [5, 5.41) is 9.83. The van der Waals surface area contributed by atoms with E-state index in [1.165, 1.54) is 0 Å². The van der Waals surface area contributed by atoms with Gasteiger partial charge >= 0.3 is 6.09 Å². The summed E-state index contributed by atoms with van der Waals surface area (Å²) in [6, 6.07) is 8.12. The van der Waals surface area contributed by atoms with Crippen molar-refractivity contribution in [3.05, 3.63) is 24.3 Å². The Morgan fingerprint density at radius 2 is 1.79 bits per heavy atom. The third kappa shape index (κ3) is 6.78. The van der Waals surface area contributed by atoms with Gasteiger partial charge in [-0.2, -0.15) is 0 Å². The highest BCUT2D eigenvalue weighted by molar-refractivity contribution is 5.68. The smallest absolute Gasteiger partial charge is 0.410 e. The number of piperidine rings is 1. The fourth-order valence-corrected chi connectivity index (χ4v) is 3.72. The van der Waals surface area contributed by atoms with E-state index in [-0.39, 0.29) is 12.2 Å². The Hall–Kier alpha value is -1.99. The van der Waals surface area contributed by atoms with Gasteiger partial charge in [-0.1, -0.05) is 0 Å². The molecule has 2 fully saturated rings. The van der Waals surface area contributed by atoms with E-state index >= 15 is 0 Å². The number of carbonyl (C=O) groups is 1. The Kier molecular flexibility index (Phi) is 7.24.